The molecule has 1 unspecified atom stereocenters. The molecule has 8 heteroatoms. The smallest absolute Gasteiger partial charge is 0.296 e. The maximum atomic E-state index is 13.0. The molecule has 1 atom stereocenters. The van der Waals surface area contributed by atoms with Crippen LogP contribution in [0.1, 0.15) is 38.5 Å². The van der Waals surface area contributed by atoms with Crippen molar-refractivity contribution in [3.63, 3.8) is 0 Å². The van der Waals surface area contributed by atoms with Gasteiger partial charge in [0.15, 0.2) is 5.58 Å². The molecule has 32 heavy (non-hydrogen) atoms. The molecule has 1 fully saturated rings. The van der Waals surface area contributed by atoms with Crippen LogP contribution in [0.2, 0.25) is 5.02 Å². The second kappa shape index (κ2) is 10.7. The minimum atomic E-state index is -0.448. The van der Waals surface area contributed by atoms with E-state index in [-0.39, 0.29) is 11.7 Å². The van der Waals surface area contributed by atoms with Crippen LogP contribution in [0.4, 0.5) is 16.1 Å². The summed E-state index contributed by atoms with van der Waals surface area (Å²) in [6.45, 7) is 0.977. The molecule has 0 saturated heterocycles. The molecule has 1 aromatic heterocycles. The Morgan fingerprint density at radius 2 is 1.91 bits per heavy atom. The van der Waals surface area contributed by atoms with Gasteiger partial charge in [0.2, 0.25) is 5.91 Å². The number of aromatic nitrogens is 1. The monoisotopic (exact) mass is 458 g/mol. The second-order valence-corrected chi connectivity index (χ2v) is 8.68. The van der Waals surface area contributed by atoms with E-state index >= 15 is 0 Å². The van der Waals surface area contributed by atoms with Gasteiger partial charge >= 0.3 is 0 Å². The summed E-state index contributed by atoms with van der Waals surface area (Å²) in [7, 11) is 0. The number of anilines is 2. The number of carbonyl (C=O) groups excluding carboxylic acids is 1. The highest BCUT2D eigenvalue weighted by molar-refractivity contribution is 6.34. The fourth-order valence-electron chi connectivity index (χ4n) is 4.20. The van der Waals surface area contributed by atoms with Crippen molar-refractivity contribution >= 4 is 40.3 Å². The average molecular weight is 459 g/mol. The standard InChI is InChI=1S/C24H28ClFN4O2/c25-19-7-4-8-20-22(19)32-24(29-20)30-21(15-16-5-2-1-3-6-16)23(31)28-14-13-27-18-11-9-17(26)10-12-18/h4,7-12,16,21,27H,1-3,5-6,13-15H2,(H,28,31)(H,29,30). The van der Waals surface area contributed by atoms with Gasteiger partial charge in [-0.2, -0.15) is 4.98 Å². The van der Waals surface area contributed by atoms with Crippen molar-refractivity contribution in [3.05, 3.63) is 53.3 Å². The van der Waals surface area contributed by atoms with Gasteiger partial charge < -0.3 is 20.4 Å². The zero-order valence-electron chi connectivity index (χ0n) is 17.9. The summed E-state index contributed by atoms with van der Waals surface area (Å²) in [5.41, 5.74) is 1.97. The van der Waals surface area contributed by atoms with Gasteiger partial charge in [-0.05, 0) is 48.7 Å². The lowest BCUT2D eigenvalue weighted by Crippen LogP contribution is -2.42. The topological polar surface area (TPSA) is 79.2 Å². The molecule has 2 aromatic carbocycles. The molecule has 1 aliphatic carbocycles. The Morgan fingerprint density at radius 1 is 1.12 bits per heavy atom. The zero-order valence-corrected chi connectivity index (χ0v) is 18.6. The third-order valence-electron chi connectivity index (χ3n) is 5.87. The molecule has 170 valence electrons. The number of halogens is 2. The fraction of sp³-hybridized carbons (Fsp3) is 0.417. The number of hydrogen-bond donors (Lipinski definition) is 3. The predicted molar refractivity (Wildman–Crippen MR) is 126 cm³/mol. The molecule has 0 aliphatic heterocycles. The summed E-state index contributed by atoms with van der Waals surface area (Å²) in [5, 5.41) is 9.85. The lowest BCUT2D eigenvalue weighted by molar-refractivity contribution is -0.122. The highest BCUT2D eigenvalue weighted by Crippen LogP contribution is 2.30. The van der Waals surface area contributed by atoms with Gasteiger partial charge in [0.05, 0.1) is 5.02 Å². The molecule has 6 nitrogen and oxygen atoms in total. The van der Waals surface area contributed by atoms with Crippen molar-refractivity contribution in [1.82, 2.24) is 10.3 Å². The summed E-state index contributed by atoms with van der Waals surface area (Å²) < 4.78 is 18.8. The molecule has 0 radical (unpaired) electrons. The van der Waals surface area contributed by atoms with Gasteiger partial charge in [-0.15, -0.1) is 0 Å². The molecule has 1 amide bonds. The van der Waals surface area contributed by atoms with E-state index in [0.717, 1.165) is 24.9 Å². The minimum Gasteiger partial charge on any atom is -0.422 e. The minimum absolute atomic E-state index is 0.0927. The van der Waals surface area contributed by atoms with Crippen LogP contribution in [0.3, 0.4) is 0 Å². The second-order valence-electron chi connectivity index (χ2n) is 8.27. The largest absolute Gasteiger partial charge is 0.422 e. The molecule has 1 saturated carbocycles. The Morgan fingerprint density at radius 3 is 2.66 bits per heavy atom. The van der Waals surface area contributed by atoms with Gasteiger partial charge in [-0.1, -0.05) is 49.8 Å². The normalized spacial score (nSPS) is 15.4. The van der Waals surface area contributed by atoms with Crippen molar-refractivity contribution in [3.8, 4) is 0 Å². The maximum absolute atomic E-state index is 13.0. The predicted octanol–water partition coefficient (Wildman–Crippen LogP) is 5.60. The maximum Gasteiger partial charge on any atom is 0.296 e. The number of hydrogen-bond acceptors (Lipinski definition) is 5. The Kier molecular flexibility index (Phi) is 7.47. The number of amides is 1. The van der Waals surface area contributed by atoms with E-state index in [1.54, 1.807) is 18.2 Å². The van der Waals surface area contributed by atoms with Crippen LogP contribution in [0.5, 0.6) is 0 Å². The van der Waals surface area contributed by atoms with Crippen molar-refractivity contribution in [2.75, 3.05) is 23.7 Å². The summed E-state index contributed by atoms with van der Waals surface area (Å²) in [4.78, 5) is 17.5. The van der Waals surface area contributed by atoms with E-state index in [0.29, 0.717) is 41.1 Å². The third kappa shape index (κ3) is 5.91. The van der Waals surface area contributed by atoms with Crippen LogP contribution >= 0.6 is 11.6 Å². The molecule has 1 aliphatic rings. The number of nitrogens with zero attached hydrogens (tertiary/aromatic N) is 1. The summed E-state index contributed by atoms with van der Waals surface area (Å²) in [5.74, 6) is 0.128. The highest BCUT2D eigenvalue weighted by atomic mass is 35.5. The number of rotatable bonds is 9. The van der Waals surface area contributed by atoms with E-state index in [4.69, 9.17) is 16.0 Å². The molecular weight excluding hydrogens is 431 g/mol. The van der Waals surface area contributed by atoms with Crippen molar-refractivity contribution in [2.45, 2.75) is 44.6 Å². The van der Waals surface area contributed by atoms with Crippen molar-refractivity contribution < 1.29 is 13.6 Å². The number of nitrogens with one attached hydrogen (secondary N) is 3. The first-order valence-electron chi connectivity index (χ1n) is 11.2. The first-order valence-corrected chi connectivity index (χ1v) is 11.5. The van der Waals surface area contributed by atoms with Crippen LogP contribution in [-0.4, -0.2) is 30.0 Å². The summed E-state index contributed by atoms with van der Waals surface area (Å²) in [6, 6.07) is 11.4. The SMILES string of the molecule is O=C(NCCNc1ccc(F)cc1)C(CC1CCCCC1)Nc1nc2cccc(Cl)c2o1. The number of carbonyl (C=O) groups is 1. The first kappa shape index (κ1) is 22.4. The van der Waals surface area contributed by atoms with Crippen LogP contribution in [0, 0.1) is 11.7 Å². The molecule has 0 bridgehead atoms. The Labute approximate surface area is 191 Å². The number of para-hydroxylation sites is 1. The van der Waals surface area contributed by atoms with E-state index < -0.39 is 6.04 Å². The van der Waals surface area contributed by atoms with Gasteiger partial charge in [0, 0.05) is 18.8 Å². The molecule has 1 heterocycles. The summed E-state index contributed by atoms with van der Waals surface area (Å²) >= 11 is 6.20. The lowest BCUT2D eigenvalue weighted by atomic mass is 9.84. The Bertz CT molecular complexity index is 1030. The molecule has 3 aromatic rings. The van der Waals surface area contributed by atoms with Gasteiger partial charge in [0.25, 0.3) is 6.01 Å². The molecular formula is C24H28ClFN4O2. The van der Waals surface area contributed by atoms with Crippen molar-refractivity contribution in [1.29, 1.82) is 0 Å². The highest BCUT2D eigenvalue weighted by Gasteiger charge is 2.26. The van der Waals surface area contributed by atoms with Crippen LogP contribution in [0.15, 0.2) is 46.9 Å². The first-order chi connectivity index (χ1) is 15.6. The quantitative estimate of drug-likeness (QED) is 0.364. The Hall–Kier alpha value is -2.80. The molecule has 0 spiro atoms. The zero-order chi connectivity index (χ0) is 22.3. The van der Waals surface area contributed by atoms with Gasteiger partial charge in [-0.25, -0.2) is 4.39 Å². The van der Waals surface area contributed by atoms with Crippen LogP contribution in [-0.2, 0) is 4.79 Å². The Balaban J connectivity index is 1.37. The van der Waals surface area contributed by atoms with E-state index in [1.165, 1.54) is 31.4 Å². The fourth-order valence-corrected chi connectivity index (χ4v) is 4.41. The molecule has 4 rings (SSSR count). The summed E-state index contributed by atoms with van der Waals surface area (Å²) in [6.07, 6.45) is 6.68. The molecule has 3 N–H and O–H groups in total. The lowest BCUT2D eigenvalue weighted by Gasteiger charge is -2.26. The van der Waals surface area contributed by atoms with Gasteiger partial charge in [0.1, 0.15) is 17.4 Å². The van der Waals surface area contributed by atoms with E-state index in [1.807, 2.05) is 12.1 Å². The van der Waals surface area contributed by atoms with Crippen molar-refractivity contribution in [2.24, 2.45) is 5.92 Å². The number of benzene rings is 2. The van der Waals surface area contributed by atoms with Gasteiger partial charge in [-0.3, -0.25) is 4.79 Å². The third-order valence-corrected chi connectivity index (χ3v) is 6.17. The van der Waals surface area contributed by atoms with Crippen LogP contribution < -0.4 is 16.0 Å². The number of fused-ring (bicyclic) bond motifs is 1. The average Bonchev–Trinajstić information content (AvgIpc) is 3.22. The van der Waals surface area contributed by atoms with E-state index in [2.05, 4.69) is 20.9 Å². The van der Waals surface area contributed by atoms with Crippen LogP contribution in [0.25, 0.3) is 11.1 Å². The number of oxazole rings is 1. The van der Waals surface area contributed by atoms with E-state index in [9.17, 15) is 9.18 Å².